The molecule has 0 saturated heterocycles. The SMILES string of the molecule is c1ccc(N(c2ccc(-c3cccc4c3-c3ccccc3C43c4ccccc4-c4ccccc43)cc2)c2cccc(-c3ccc4c(c3)Oc3ccc5c(c3O4)-c3ccccc3C53c4ccccc4-c4ccccc43)c2)cc1. The molecule has 3 heteroatoms. The van der Waals surface area contributed by atoms with E-state index in [-0.39, 0.29) is 5.41 Å². The Hall–Kier alpha value is -9.96. The third-order valence-corrected chi connectivity index (χ3v) is 17.4. The Bertz CT molecular complexity index is 4380. The molecule has 358 valence electrons. The molecule has 77 heavy (non-hydrogen) atoms. The number of para-hydroxylation sites is 1. The monoisotopic (exact) mass is 979 g/mol. The minimum absolute atomic E-state index is 0.389. The minimum Gasteiger partial charge on any atom is -0.449 e. The molecular formula is C74H45NO2. The second kappa shape index (κ2) is 15.8. The highest BCUT2D eigenvalue weighted by Gasteiger charge is 2.54. The Morgan fingerprint density at radius 1 is 0.234 bits per heavy atom. The van der Waals surface area contributed by atoms with Crippen LogP contribution in [0.4, 0.5) is 17.1 Å². The van der Waals surface area contributed by atoms with Gasteiger partial charge in [-0.25, -0.2) is 0 Å². The van der Waals surface area contributed by atoms with Gasteiger partial charge in [0, 0.05) is 22.6 Å². The Morgan fingerprint density at radius 3 is 1.25 bits per heavy atom. The first kappa shape index (κ1) is 42.4. The Morgan fingerprint density at radius 2 is 0.649 bits per heavy atom. The lowest BCUT2D eigenvalue weighted by molar-refractivity contribution is 0.360. The van der Waals surface area contributed by atoms with Gasteiger partial charge < -0.3 is 14.4 Å². The molecule has 0 bridgehead atoms. The number of nitrogens with zero attached hydrogens (tertiary/aromatic N) is 1. The van der Waals surface area contributed by atoms with E-state index in [2.05, 4.69) is 278 Å². The van der Waals surface area contributed by atoms with Gasteiger partial charge >= 0.3 is 0 Å². The predicted octanol–water partition coefficient (Wildman–Crippen LogP) is 19.1. The van der Waals surface area contributed by atoms with E-state index in [0.29, 0.717) is 17.2 Å². The van der Waals surface area contributed by atoms with Crippen molar-refractivity contribution in [3.8, 4) is 89.8 Å². The summed E-state index contributed by atoms with van der Waals surface area (Å²) in [6.07, 6.45) is 0. The molecule has 0 unspecified atom stereocenters. The largest absolute Gasteiger partial charge is 0.449 e. The molecule has 12 aromatic rings. The number of ether oxygens (including phenoxy) is 2. The zero-order chi connectivity index (χ0) is 50.4. The fraction of sp³-hybridized carbons (Fsp3) is 0.0270. The summed E-state index contributed by atoms with van der Waals surface area (Å²) in [6, 6.07) is 99.9. The van der Waals surface area contributed by atoms with Crippen LogP contribution in [0.15, 0.2) is 273 Å². The van der Waals surface area contributed by atoms with Crippen molar-refractivity contribution in [2.75, 3.05) is 4.90 Å². The molecule has 1 heterocycles. The van der Waals surface area contributed by atoms with E-state index in [4.69, 9.17) is 9.47 Å². The summed E-state index contributed by atoms with van der Waals surface area (Å²) in [6.45, 7) is 0. The van der Waals surface area contributed by atoms with E-state index >= 15 is 0 Å². The van der Waals surface area contributed by atoms with E-state index in [1.165, 1.54) is 94.6 Å². The van der Waals surface area contributed by atoms with Gasteiger partial charge in [0.25, 0.3) is 0 Å². The van der Waals surface area contributed by atoms with Crippen molar-refractivity contribution in [1.29, 1.82) is 0 Å². The lowest BCUT2D eigenvalue weighted by Gasteiger charge is -2.31. The first-order valence-electron chi connectivity index (χ1n) is 26.6. The van der Waals surface area contributed by atoms with Crippen LogP contribution in [-0.2, 0) is 10.8 Å². The second-order valence-corrected chi connectivity index (χ2v) is 21.0. The zero-order valence-electron chi connectivity index (χ0n) is 41.7. The zero-order valence-corrected chi connectivity index (χ0v) is 41.7. The molecule has 1 aliphatic heterocycles. The highest BCUT2D eigenvalue weighted by atomic mass is 16.6. The Balaban J connectivity index is 0.727. The van der Waals surface area contributed by atoms with E-state index in [0.717, 1.165) is 39.5 Å². The van der Waals surface area contributed by atoms with E-state index in [1.807, 2.05) is 0 Å². The van der Waals surface area contributed by atoms with Gasteiger partial charge in [0.2, 0.25) is 0 Å². The average molecular weight is 980 g/mol. The number of benzene rings is 12. The average Bonchev–Trinajstić information content (AvgIpc) is 3.92. The highest BCUT2D eigenvalue weighted by Crippen LogP contribution is 2.67. The molecule has 4 aliphatic carbocycles. The van der Waals surface area contributed by atoms with Gasteiger partial charge in [-0.1, -0.05) is 218 Å². The van der Waals surface area contributed by atoms with Crippen LogP contribution in [0.1, 0.15) is 44.5 Å². The molecular weight excluding hydrogens is 935 g/mol. The van der Waals surface area contributed by atoms with Crippen molar-refractivity contribution < 1.29 is 9.47 Å². The predicted molar refractivity (Wildman–Crippen MR) is 311 cm³/mol. The normalized spacial score (nSPS) is 14.1. The lowest BCUT2D eigenvalue weighted by atomic mass is 9.70. The molecule has 3 nitrogen and oxygen atoms in total. The summed E-state index contributed by atoms with van der Waals surface area (Å²) in [7, 11) is 0. The van der Waals surface area contributed by atoms with Crippen molar-refractivity contribution in [1.82, 2.24) is 0 Å². The summed E-state index contributed by atoms with van der Waals surface area (Å²) in [5.41, 5.74) is 27.4. The number of hydrogen-bond acceptors (Lipinski definition) is 3. The van der Waals surface area contributed by atoms with Gasteiger partial charge in [-0.15, -0.1) is 0 Å². The summed E-state index contributed by atoms with van der Waals surface area (Å²) in [4.78, 5) is 2.35. The molecule has 12 aromatic carbocycles. The first-order chi connectivity index (χ1) is 38.2. The molecule has 0 atom stereocenters. The maximum atomic E-state index is 7.03. The fourth-order valence-electron chi connectivity index (χ4n) is 14.4. The quantitative estimate of drug-likeness (QED) is 0.172. The smallest absolute Gasteiger partial charge is 0.178 e. The molecule has 5 aliphatic rings. The number of hydrogen-bond donors (Lipinski definition) is 0. The third kappa shape index (κ3) is 5.59. The van der Waals surface area contributed by atoms with Gasteiger partial charge in [0.05, 0.1) is 10.8 Å². The highest BCUT2D eigenvalue weighted by molar-refractivity contribution is 6.01. The molecule has 0 N–H and O–H groups in total. The van der Waals surface area contributed by atoms with Gasteiger partial charge in [-0.2, -0.15) is 0 Å². The molecule has 0 fully saturated rings. The third-order valence-electron chi connectivity index (χ3n) is 17.4. The van der Waals surface area contributed by atoms with Crippen molar-refractivity contribution in [3.05, 3.63) is 317 Å². The van der Waals surface area contributed by atoms with Crippen molar-refractivity contribution >= 4 is 17.1 Å². The van der Waals surface area contributed by atoms with Gasteiger partial charge in [0.1, 0.15) is 0 Å². The summed E-state index contributed by atoms with van der Waals surface area (Å²) in [5, 5.41) is 0. The minimum atomic E-state index is -0.460. The molecule has 17 rings (SSSR count). The number of rotatable bonds is 5. The summed E-state index contributed by atoms with van der Waals surface area (Å²) >= 11 is 0. The molecule has 0 saturated carbocycles. The van der Waals surface area contributed by atoms with Gasteiger partial charge in [-0.05, 0) is 160 Å². The topological polar surface area (TPSA) is 21.7 Å². The van der Waals surface area contributed by atoms with Gasteiger partial charge in [0.15, 0.2) is 23.0 Å². The van der Waals surface area contributed by atoms with Gasteiger partial charge in [-0.3, -0.25) is 0 Å². The summed E-state index contributed by atoms with van der Waals surface area (Å²) < 4.78 is 13.9. The van der Waals surface area contributed by atoms with E-state index in [1.54, 1.807) is 0 Å². The van der Waals surface area contributed by atoms with Crippen LogP contribution in [0.5, 0.6) is 23.0 Å². The van der Waals surface area contributed by atoms with Crippen LogP contribution in [0.25, 0.3) is 66.8 Å². The lowest BCUT2D eigenvalue weighted by Crippen LogP contribution is -2.25. The maximum absolute atomic E-state index is 7.03. The first-order valence-corrected chi connectivity index (χ1v) is 26.6. The van der Waals surface area contributed by atoms with Crippen molar-refractivity contribution in [2.24, 2.45) is 0 Å². The number of fused-ring (bicyclic) bond motifs is 23. The maximum Gasteiger partial charge on any atom is 0.178 e. The van der Waals surface area contributed by atoms with Crippen LogP contribution in [0, 0.1) is 0 Å². The number of anilines is 3. The van der Waals surface area contributed by atoms with Crippen molar-refractivity contribution in [3.63, 3.8) is 0 Å². The second-order valence-electron chi connectivity index (χ2n) is 21.0. The van der Waals surface area contributed by atoms with Crippen molar-refractivity contribution in [2.45, 2.75) is 10.8 Å². The van der Waals surface area contributed by atoms with E-state index in [9.17, 15) is 0 Å². The van der Waals surface area contributed by atoms with Crippen LogP contribution in [-0.4, -0.2) is 0 Å². The molecule has 0 radical (unpaired) electrons. The fourth-order valence-corrected chi connectivity index (χ4v) is 14.4. The Kier molecular flexibility index (Phi) is 8.69. The summed E-state index contributed by atoms with van der Waals surface area (Å²) in [5.74, 6) is 2.86. The molecule has 0 aromatic heterocycles. The molecule has 0 amide bonds. The standard InChI is InChI=1S/C74H45NO2/c1-2-19-49(20-3-1)75(50-39-36-46(37-40-50)52-28-17-35-65-70(52)57-26-8-14-33-63(57)73(65)59-29-10-4-22-53(59)54-23-5-11-30-60(54)73)51-21-16-18-47(44-51)48-38-42-67-69(45-48)76-68-43-41-66-71(72(68)77-67)58-27-9-15-34-64(58)74(66)61-31-12-6-24-55(61)56-25-7-13-32-62(56)74/h1-45H. The van der Waals surface area contributed by atoms with E-state index < -0.39 is 5.41 Å². The van der Waals surface area contributed by atoms with Crippen LogP contribution in [0.3, 0.4) is 0 Å². The van der Waals surface area contributed by atoms with Crippen LogP contribution >= 0.6 is 0 Å². The Labute approximate surface area is 447 Å². The van der Waals surface area contributed by atoms with Crippen LogP contribution in [0.2, 0.25) is 0 Å². The van der Waals surface area contributed by atoms with Crippen LogP contribution < -0.4 is 14.4 Å². The molecule has 2 spiro atoms.